The molecule has 0 radical (unpaired) electrons. The lowest BCUT2D eigenvalue weighted by molar-refractivity contribution is -0.161. The van der Waals surface area contributed by atoms with E-state index in [0.29, 0.717) is 12.8 Å². The largest absolute Gasteiger partial charge is 0.462 e. The standard InChI is InChI=1S/C87H148O5/c1-3-5-7-9-11-13-15-17-19-21-23-25-27-29-31-33-35-37-39-41-43-45-47-49-51-53-55-57-59-61-63-65-67-69-71-73-75-77-79-81-86(89)91-84-85(83-88)92-87(90)82-80-78-76-74-72-70-68-66-64-62-60-58-56-54-52-50-48-46-44-42-40-38-36-34-32-30-28-26-24-22-20-18-16-14-12-10-8-6-4-2/h5-8,11-14,17-20,23-26,30,32,36,38,42,44,48,50,85,88H,3-4,9-10,15-16,21-22,27-29,31,33-35,37,39-41,43,45-47,49,51-84H2,1-2H3/b7-5-,8-6-,13-11-,14-12-,19-17-,20-18-,25-23-,26-24-,32-30-,38-36-,44-42-,50-48-. The first-order chi connectivity index (χ1) is 45.6. The molecule has 0 aromatic rings. The van der Waals surface area contributed by atoms with Gasteiger partial charge in [0.15, 0.2) is 6.10 Å². The van der Waals surface area contributed by atoms with Crippen LogP contribution < -0.4 is 0 Å². The Balaban J connectivity index is 3.44. The van der Waals surface area contributed by atoms with Crippen LogP contribution in [0.1, 0.15) is 373 Å². The van der Waals surface area contributed by atoms with Crippen molar-refractivity contribution in [3.63, 3.8) is 0 Å². The van der Waals surface area contributed by atoms with E-state index in [4.69, 9.17) is 9.47 Å². The highest BCUT2D eigenvalue weighted by atomic mass is 16.6. The highest BCUT2D eigenvalue weighted by Crippen LogP contribution is 2.19. The molecule has 0 amide bonds. The minimum absolute atomic E-state index is 0.0671. The van der Waals surface area contributed by atoms with Crippen LogP contribution in [0.5, 0.6) is 0 Å². The molecule has 1 unspecified atom stereocenters. The zero-order valence-corrected chi connectivity index (χ0v) is 60.5. The molecule has 0 spiro atoms. The van der Waals surface area contributed by atoms with Gasteiger partial charge >= 0.3 is 11.9 Å². The van der Waals surface area contributed by atoms with Gasteiger partial charge in [-0.3, -0.25) is 9.59 Å². The van der Waals surface area contributed by atoms with Crippen LogP contribution in [0.2, 0.25) is 0 Å². The van der Waals surface area contributed by atoms with E-state index in [9.17, 15) is 14.7 Å². The van der Waals surface area contributed by atoms with Crippen LogP contribution in [0.4, 0.5) is 0 Å². The third-order valence-electron chi connectivity index (χ3n) is 17.1. The molecule has 5 heteroatoms. The maximum atomic E-state index is 12.4. The summed E-state index contributed by atoms with van der Waals surface area (Å²) in [6, 6.07) is 0. The summed E-state index contributed by atoms with van der Waals surface area (Å²) in [4.78, 5) is 24.7. The fourth-order valence-electron chi connectivity index (χ4n) is 11.3. The molecule has 0 aromatic carbocycles. The second kappa shape index (κ2) is 81.0. The van der Waals surface area contributed by atoms with Crippen molar-refractivity contribution in [2.45, 2.75) is 380 Å². The molecule has 0 aliphatic carbocycles. The lowest BCUT2D eigenvalue weighted by Gasteiger charge is -2.15. The van der Waals surface area contributed by atoms with E-state index in [-0.39, 0.29) is 25.2 Å². The Kier molecular flexibility index (Phi) is 77.3. The Morgan fingerprint density at radius 1 is 0.250 bits per heavy atom. The van der Waals surface area contributed by atoms with Crippen molar-refractivity contribution in [1.82, 2.24) is 0 Å². The summed E-state index contributed by atoms with van der Waals surface area (Å²) in [7, 11) is 0. The van der Waals surface area contributed by atoms with Gasteiger partial charge in [0.2, 0.25) is 0 Å². The number of hydrogen-bond acceptors (Lipinski definition) is 5. The van der Waals surface area contributed by atoms with E-state index < -0.39 is 6.10 Å². The molecule has 5 nitrogen and oxygen atoms in total. The van der Waals surface area contributed by atoms with Gasteiger partial charge in [-0.15, -0.1) is 0 Å². The molecule has 1 N–H and O–H groups in total. The quantitative estimate of drug-likeness (QED) is 0.0373. The van der Waals surface area contributed by atoms with Crippen LogP contribution in [0.3, 0.4) is 0 Å². The summed E-state index contributed by atoms with van der Waals surface area (Å²) in [6.07, 6.45) is 122. The molecule has 0 saturated carbocycles. The molecule has 0 saturated heterocycles. The van der Waals surface area contributed by atoms with E-state index in [0.717, 1.165) is 116 Å². The van der Waals surface area contributed by atoms with Crippen molar-refractivity contribution in [2.75, 3.05) is 13.2 Å². The molecule has 1 atom stereocenters. The fraction of sp³-hybridized carbons (Fsp3) is 0.701. The van der Waals surface area contributed by atoms with Gasteiger partial charge in [0, 0.05) is 12.8 Å². The van der Waals surface area contributed by atoms with Crippen molar-refractivity contribution in [3.8, 4) is 0 Å². The predicted octanol–water partition coefficient (Wildman–Crippen LogP) is 28.0. The van der Waals surface area contributed by atoms with Gasteiger partial charge in [0.1, 0.15) is 6.61 Å². The van der Waals surface area contributed by atoms with E-state index in [1.165, 1.54) is 231 Å². The maximum absolute atomic E-state index is 12.4. The zero-order chi connectivity index (χ0) is 66.1. The van der Waals surface area contributed by atoms with E-state index in [1.54, 1.807) is 0 Å². The number of carbonyl (C=O) groups is 2. The summed E-state index contributed by atoms with van der Waals surface area (Å²) < 4.78 is 10.8. The Hall–Kier alpha value is -4.22. The first-order valence-corrected chi connectivity index (χ1v) is 39.4. The number of hydrogen-bond donors (Lipinski definition) is 1. The first kappa shape index (κ1) is 87.8. The SMILES string of the molecule is CC/C=C\C/C=C\C/C=C\C/C=C\C/C=C\C/C=C\C/C=C\C/C=C\CCCCCCCCCCCCCCCCC(=O)OC(CO)COC(=O)CCCCCCCCCCCCCCCCCCCCCCCCCCCC/C=C\C/C=C\C/C=C\C/C=C\CC. The average molecular weight is 1270 g/mol. The van der Waals surface area contributed by atoms with Crippen LogP contribution in [-0.2, 0) is 19.1 Å². The molecule has 0 rings (SSSR count). The second-order valence-electron chi connectivity index (χ2n) is 26.0. The molecule has 0 aliphatic rings. The Bertz CT molecular complexity index is 1880. The van der Waals surface area contributed by atoms with Crippen molar-refractivity contribution >= 4 is 11.9 Å². The topological polar surface area (TPSA) is 72.8 Å². The van der Waals surface area contributed by atoms with Crippen molar-refractivity contribution in [2.24, 2.45) is 0 Å². The van der Waals surface area contributed by atoms with Crippen LogP contribution in [-0.4, -0.2) is 36.4 Å². The molecule has 526 valence electrons. The minimum atomic E-state index is -0.780. The van der Waals surface area contributed by atoms with Crippen LogP contribution >= 0.6 is 0 Å². The Morgan fingerprint density at radius 3 is 0.652 bits per heavy atom. The van der Waals surface area contributed by atoms with E-state index in [1.807, 2.05) is 0 Å². The molecular weight excluding hydrogens is 1120 g/mol. The van der Waals surface area contributed by atoms with Crippen molar-refractivity contribution in [3.05, 3.63) is 146 Å². The number of rotatable bonds is 72. The van der Waals surface area contributed by atoms with Crippen LogP contribution in [0.25, 0.3) is 0 Å². The normalized spacial score (nSPS) is 13.0. The van der Waals surface area contributed by atoms with Gasteiger partial charge in [0.05, 0.1) is 6.61 Å². The highest BCUT2D eigenvalue weighted by Gasteiger charge is 2.16. The Labute approximate surface area is 571 Å². The molecule has 0 bridgehead atoms. The van der Waals surface area contributed by atoms with Gasteiger partial charge in [-0.05, 0) is 116 Å². The summed E-state index contributed by atoms with van der Waals surface area (Å²) >= 11 is 0. The predicted molar refractivity (Wildman–Crippen MR) is 408 cm³/mol. The number of allylic oxidation sites excluding steroid dienone is 24. The third-order valence-corrected chi connectivity index (χ3v) is 17.1. The molecule has 92 heavy (non-hydrogen) atoms. The number of esters is 2. The monoisotopic (exact) mass is 1270 g/mol. The Morgan fingerprint density at radius 2 is 0.435 bits per heavy atom. The first-order valence-electron chi connectivity index (χ1n) is 39.4. The summed E-state index contributed by atoms with van der Waals surface area (Å²) in [6.45, 7) is 3.95. The number of ether oxygens (including phenoxy) is 2. The molecule has 0 aliphatic heterocycles. The number of aliphatic hydroxyl groups is 1. The summed E-state index contributed by atoms with van der Waals surface area (Å²) in [5.41, 5.74) is 0. The molecule has 0 fully saturated rings. The summed E-state index contributed by atoms with van der Waals surface area (Å²) in [5, 5.41) is 9.73. The lowest BCUT2D eigenvalue weighted by Crippen LogP contribution is -2.28. The van der Waals surface area contributed by atoms with Gasteiger partial charge in [-0.25, -0.2) is 0 Å². The zero-order valence-electron chi connectivity index (χ0n) is 60.5. The molecule has 0 heterocycles. The summed E-state index contributed by atoms with van der Waals surface area (Å²) in [5.74, 6) is -0.579. The van der Waals surface area contributed by atoms with Gasteiger partial charge < -0.3 is 14.6 Å². The highest BCUT2D eigenvalue weighted by molar-refractivity contribution is 5.70. The average Bonchev–Trinajstić information content (AvgIpc) is 3.75. The minimum Gasteiger partial charge on any atom is -0.462 e. The number of unbranched alkanes of at least 4 members (excludes halogenated alkanes) is 40. The second-order valence-corrected chi connectivity index (χ2v) is 26.0. The molecular formula is C87H148O5. The van der Waals surface area contributed by atoms with E-state index in [2.05, 4.69) is 160 Å². The maximum Gasteiger partial charge on any atom is 0.306 e. The smallest absolute Gasteiger partial charge is 0.306 e. The third kappa shape index (κ3) is 78.2. The fourth-order valence-corrected chi connectivity index (χ4v) is 11.3. The number of carbonyl (C=O) groups excluding carboxylic acids is 2. The van der Waals surface area contributed by atoms with Crippen molar-refractivity contribution in [1.29, 1.82) is 0 Å². The molecule has 0 aromatic heterocycles. The van der Waals surface area contributed by atoms with Gasteiger partial charge in [-0.1, -0.05) is 391 Å². The van der Waals surface area contributed by atoms with Gasteiger partial charge in [-0.2, -0.15) is 0 Å². The van der Waals surface area contributed by atoms with E-state index >= 15 is 0 Å². The van der Waals surface area contributed by atoms with Gasteiger partial charge in [0.25, 0.3) is 0 Å². The lowest BCUT2D eigenvalue weighted by atomic mass is 10.0. The van der Waals surface area contributed by atoms with Crippen LogP contribution in [0.15, 0.2) is 146 Å². The van der Waals surface area contributed by atoms with Crippen LogP contribution in [0, 0.1) is 0 Å². The van der Waals surface area contributed by atoms with Crippen molar-refractivity contribution < 1.29 is 24.2 Å². The number of aliphatic hydroxyl groups excluding tert-OH is 1.